The van der Waals surface area contributed by atoms with Crippen molar-refractivity contribution in [2.45, 2.75) is 37.3 Å². The molecule has 4 aromatic heterocycles. The Hall–Kier alpha value is -4.72. The average molecular weight is 639 g/mol. The molecule has 0 amide bonds. The monoisotopic (exact) mass is 638 g/mol. The second-order valence-corrected chi connectivity index (χ2v) is 18.2. The topological polar surface area (TPSA) is 149 Å². The van der Waals surface area contributed by atoms with Gasteiger partial charge in [0.05, 0.1) is 41.3 Å². The highest BCUT2D eigenvalue weighted by molar-refractivity contribution is 7.92. The first-order chi connectivity index (χ1) is 20.9. The molecule has 16 heteroatoms. The number of anilines is 1. The number of hydrogen-bond donors (Lipinski definition) is 1. The number of fused-ring (bicyclic) bond motifs is 1. The van der Waals surface area contributed by atoms with E-state index in [2.05, 4.69) is 44.3 Å². The SMILES string of the molecule is COc1ncc(C#N)cc1S(=O)(=O)Nc1ccc(F)c(-c2cn3cnc(-c4nccn4COCC[Si](C)(C)C)c3cn2)c1F. The molecule has 5 rings (SSSR count). The maximum atomic E-state index is 15.7. The molecular weight excluding hydrogens is 611 g/mol. The Morgan fingerprint density at radius 3 is 2.64 bits per heavy atom. The van der Waals surface area contributed by atoms with Crippen LogP contribution < -0.4 is 9.46 Å². The third-order valence-corrected chi connectivity index (χ3v) is 9.66. The van der Waals surface area contributed by atoms with Gasteiger partial charge in [-0.3, -0.25) is 9.71 Å². The minimum Gasteiger partial charge on any atom is -0.480 e. The molecule has 0 unspecified atom stereocenters. The number of rotatable bonds is 11. The van der Waals surface area contributed by atoms with E-state index in [4.69, 9.17) is 14.7 Å². The maximum Gasteiger partial charge on any atom is 0.267 e. The van der Waals surface area contributed by atoms with Crippen LogP contribution in [0.4, 0.5) is 14.5 Å². The van der Waals surface area contributed by atoms with Crippen molar-refractivity contribution in [1.82, 2.24) is 28.9 Å². The summed E-state index contributed by atoms with van der Waals surface area (Å²) in [6.45, 7) is 7.74. The van der Waals surface area contributed by atoms with Gasteiger partial charge in [0.15, 0.2) is 16.5 Å². The van der Waals surface area contributed by atoms with Crippen LogP contribution in [0.25, 0.3) is 28.3 Å². The van der Waals surface area contributed by atoms with E-state index in [1.54, 1.807) is 22.9 Å². The Balaban J connectivity index is 1.45. The first kappa shape index (κ1) is 30.7. The summed E-state index contributed by atoms with van der Waals surface area (Å²) >= 11 is 0. The second-order valence-electron chi connectivity index (χ2n) is 11.0. The zero-order chi connectivity index (χ0) is 31.6. The summed E-state index contributed by atoms with van der Waals surface area (Å²) in [7, 11) is -4.55. The Bertz CT molecular complexity index is 2000. The predicted octanol–water partition coefficient (Wildman–Crippen LogP) is 4.93. The second kappa shape index (κ2) is 12.1. The van der Waals surface area contributed by atoms with Crippen molar-refractivity contribution in [3.8, 4) is 34.7 Å². The quantitative estimate of drug-likeness (QED) is 0.157. The number of nitrogens with one attached hydrogen (secondary N) is 1. The zero-order valence-corrected chi connectivity index (χ0v) is 26.1. The van der Waals surface area contributed by atoms with Gasteiger partial charge in [-0.15, -0.1) is 0 Å². The van der Waals surface area contributed by atoms with Crippen LogP contribution >= 0.6 is 0 Å². The molecule has 0 atom stereocenters. The van der Waals surface area contributed by atoms with Crippen LogP contribution in [0.1, 0.15) is 5.56 Å². The van der Waals surface area contributed by atoms with Crippen molar-refractivity contribution in [3.05, 3.63) is 72.7 Å². The normalized spacial score (nSPS) is 11.9. The number of pyridine rings is 1. The summed E-state index contributed by atoms with van der Waals surface area (Å²) in [5.74, 6) is -1.93. The van der Waals surface area contributed by atoms with Crippen molar-refractivity contribution < 1.29 is 26.7 Å². The van der Waals surface area contributed by atoms with Crippen LogP contribution in [0.15, 0.2) is 60.4 Å². The Morgan fingerprint density at radius 2 is 1.91 bits per heavy atom. The average Bonchev–Trinajstić information content (AvgIpc) is 3.62. The molecule has 0 spiro atoms. The Kier molecular flexibility index (Phi) is 8.46. The molecule has 0 saturated carbocycles. The van der Waals surface area contributed by atoms with Gasteiger partial charge in [-0.25, -0.2) is 32.2 Å². The largest absolute Gasteiger partial charge is 0.480 e. The number of aromatic nitrogens is 6. The molecule has 0 aliphatic carbocycles. The maximum absolute atomic E-state index is 15.7. The van der Waals surface area contributed by atoms with Gasteiger partial charge in [0.1, 0.15) is 30.6 Å². The van der Waals surface area contributed by atoms with Gasteiger partial charge in [-0.1, -0.05) is 19.6 Å². The van der Waals surface area contributed by atoms with Crippen molar-refractivity contribution in [2.24, 2.45) is 0 Å². The van der Waals surface area contributed by atoms with Gasteiger partial charge >= 0.3 is 0 Å². The van der Waals surface area contributed by atoms with Gasteiger partial charge in [0.25, 0.3) is 10.0 Å². The molecule has 0 bridgehead atoms. The first-order valence-corrected chi connectivity index (χ1v) is 18.5. The van der Waals surface area contributed by atoms with E-state index in [1.807, 2.05) is 4.57 Å². The number of nitrogens with zero attached hydrogens (tertiary/aromatic N) is 7. The number of nitriles is 1. The lowest BCUT2D eigenvalue weighted by Gasteiger charge is -2.16. The van der Waals surface area contributed by atoms with Gasteiger partial charge < -0.3 is 18.4 Å². The van der Waals surface area contributed by atoms with Gasteiger partial charge in [0.2, 0.25) is 5.88 Å². The number of imidazole rings is 2. The fraction of sp³-hybridized carbons (Fsp3) is 0.250. The number of halogens is 2. The minimum atomic E-state index is -4.50. The van der Waals surface area contributed by atoms with E-state index in [9.17, 15) is 8.42 Å². The molecule has 1 aromatic carbocycles. The van der Waals surface area contributed by atoms with Crippen molar-refractivity contribution in [1.29, 1.82) is 5.26 Å². The number of hydrogen-bond acceptors (Lipinski definition) is 9. The first-order valence-electron chi connectivity index (χ1n) is 13.3. The molecule has 228 valence electrons. The molecule has 12 nitrogen and oxygen atoms in total. The van der Waals surface area contributed by atoms with Crippen molar-refractivity contribution in [3.63, 3.8) is 0 Å². The van der Waals surface area contributed by atoms with Crippen LogP contribution in [-0.2, 0) is 21.5 Å². The molecule has 0 aliphatic heterocycles. The van der Waals surface area contributed by atoms with Crippen LogP contribution in [0, 0.1) is 23.0 Å². The summed E-state index contributed by atoms with van der Waals surface area (Å²) in [6.07, 6.45) is 8.79. The standard InChI is InChI=1S/C28H28F2N8O4SSi/c1-41-28-23(11-18(12-31)13-34-28)43(39,40)36-20-6-5-19(29)24(25(20)30)21-15-38-16-35-26(22(38)14-33-21)27-32-7-8-37(27)17-42-9-10-44(2,3)4/h5-8,11,13-16,36H,9-10,17H2,1-4H3. The van der Waals surface area contributed by atoms with Crippen LogP contribution in [0.5, 0.6) is 5.88 Å². The van der Waals surface area contributed by atoms with Gasteiger partial charge in [-0.2, -0.15) is 5.26 Å². The van der Waals surface area contributed by atoms with E-state index in [-0.39, 0.29) is 23.9 Å². The Morgan fingerprint density at radius 1 is 1.11 bits per heavy atom. The third-order valence-electron chi connectivity index (χ3n) is 6.60. The lowest BCUT2D eigenvalue weighted by Crippen LogP contribution is -2.22. The molecule has 5 aromatic rings. The number of ether oxygens (including phenoxy) is 2. The van der Waals surface area contributed by atoms with Crippen LogP contribution in [-0.4, -0.2) is 59.1 Å². The fourth-order valence-corrected chi connectivity index (χ4v) is 6.24. The fourth-order valence-electron chi connectivity index (χ4n) is 4.27. The van der Waals surface area contributed by atoms with Gasteiger partial charge in [0, 0.05) is 39.5 Å². The molecule has 4 heterocycles. The smallest absolute Gasteiger partial charge is 0.267 e. The lowest BCUT2D eigenvalue weighted by atomic mass is 10.1. The van der Waals surface area contributed by atoms with Crippen LogP contribution in [0.3, 0.4) is 0 Å². The van der Waals surface area contributed by atoms with E-state index < -0.39 is 45.9 Å². The summed E-state index contributed by atoms with van der Waals surface area (Å²) in [6, 6.07) is 5.71. The zero-order valence-electron chi connectivity index (χ0n) is 24.2. The highest BCUT2D eigenvalue weighted by Gasteiger charge is 2.26. The molecular formula is C28H28F2N8O4SSi. The highest BCUT2D eigenvalue weighted by Crippen LogP contribution is 2.33. The molecule has 0 radical (unpaired) electrons. The summed E-state index contributed by atoms with van der Waals surface area (Å²) in [5.41, 5.74) is -0.252. The van der Waals surface area contributed by atoms with E-state index in [0.717, 1.165) is 30.4 Å². The van der Waals surface area contributed by atoms with E-state index >= 15 is 8.78 Å². The van der Waals surface area contributed by atoms with Crippen LogP contribution in [0.2, 0.25) is 25.7 Å². The molecule has 44 heavy (non-hydrogen) atoms. The van der Waals surface area contributed by atoms with Gasteiger partial charge in [-0.05, 0) is 24.2 Å². The summed E-state index contributed by atoms with van der Waals surface area (Å²) in [5, 5.41) is 9.16. The summed E-state index contributed by atoms with van der Waals surface area (Å²) < 4.78 is 73.3. The number of benzene rings is 1. The van der Waals surface area contributed by atoms with Crippen molar-refractivity contribution in [2.75, 3.05) is 18.4 Å². The molecule has 0 fully saturated rings. The number of sulfonamides is 1. The molecule has 0 saturated heterocycles. The number of methoxy groups -OCH3 is 1. The van der Waals surface area contributed by atoms with E-state index in [1.165, 1.54) is 25.8 Å². The Labute approximate surface area is 253 Å². The minimum absolute atomic E-state index is 0.0549. The lowest BCUT2D eigenvalue weighted by molar-refractivity contribution is 0.0882. The molecule has 1 N–H and O–H groups in total. The predicted molar refractivity (Wildman–Crippen MR) is 160 cm³/mol. The third kappa shape index (κ3) is 6.30. The van der Waals surface area contributed by atoms with E-state index in [0.29, 0.717) is 23.6 Å². The van der Waals surface area contributed by atoms with Crippen molar-refractivity contribution >= 4 is 29.3 Å². The molecule has 0 aliphatic rings. The highest BCUT2D eigenvalue weighted by atomic mass is 32.2. The summed E-state index contributed by atoms with van der Waals surface area (Å²) in [4.78, 5) is 16.4.